The molecule has 2 N–H and O–H groups in total. The summed E-state index contributed by atoms with van der Waals surface area (Å²) in [6, 6.07) is 0. The summed E-state index contributed by atoms with van der Waals surface area (Å²) in [5.41, 5.74) is 5.95. The molecule has 1 aromatic rings. The first-order chi connectivity index (χ1) is 8.95. The third-order valence-electron chi connectivity index (χ3n) is 3.10. The zero-order valence-corrected chi connectivity index (χ0v) is 14.4. The first-order valence-electron chi connectivity index (χ1n) is 6.99. The average Bonchev–Trinajstić information content (AvgIpc) is 2.69. The largest absolute Gasteiger partial charge is 0.382 e. The normalized spacial score (nSPS) is 11.5. The fourth-order valence-corrected chi connectivity index (χ4v) is 3.56. The Balaban J connectivity index is 2.81. The number of thioether (sulfide) groups is 1. The predicted molar refractivity (Wildman–Crippen MR) is 89.4 cm³/mol. The molecule has 0 unspecified atom stereocenters. The van der Waals surface area contributed by atoms with E-state index in [1.165, 1.54) is 17.8 Å². The van der Waals surface area contributed by atoms with Crippen LogP contribution in [-0.2, 0) is 0 Å². The predicted octanol–water partition coefficient (Wildman–Crippen LogP) is 4.35. The summed E-state index contributed by atoms with van der Waals surface area (Å²) < 4.78 is 4.32. The molecule has 3 nitrogen and oxygen atoms in total. The SMILES string of the molecule is CSc1c(N)nsc1N(CCC(C)C)CCC(C)C. The van der Waals surface area contributed by atoms with Crippen molar-refractivity contribution < 1.29 is 0 Å². The highest BCUT2D eigenvalue weighted by Crippen LogP contribution is 2.37. The number of nitrogens with zero attached hydrogens (tertiary/aromatic N) is 2. The second kappa shape index (κ2) is 8.00. The molecule has 0 radical (unpaired) electrons. The van der Waals surface area contributed by atoms with E-state index in [2.05, 4.69) is 43.2 Å². The summed E-state index contributed by atoms with van der Waals surface area (Å²) in [6.07, 6.45) is 4.50. The Labute approximate surface area is 126 Å². The maximum Gasteiger partial charge on any atom is 0.153 e. The average molecular weight is 302 g/mol. The van der Waals surface area contributed by atoms with Crippen molar-refractivity contribution in [2.75, 3.05) is 30.0 Å². The fourth-order valence-electron chi connectivity index (χ4n) is 1.82. The Morgan fingerprint density at radius 3 is 2.11 bits per heavy atom. The lowest BCUT2D eigenvalue weighted by Crippen LogP contribution is -2.27. The summed E-state index contributed by atoms with van der Waals surface area (Å²) in [5.74, 6) is 2.14. The van der Waals surface area contributed by atoms with Crippen LogP contribution in [0.15, 0.2) is 4.90 Å². The second-order valence-corrected chi connectivity index (χ2v) is 7.33. The zero-order chi connectivity index (χ0) is 14.4. The summed E-state index contributed by atoms with van der Waals surface area (Å²) in [7, 11) is 0. The quantitative estimate of drug-likeness (QED) is 0.725. The summed E-state index contributed by atoms with van der Waals surface area (Å²) in [5, 5.41) is 1.26. The third-order valence-corrected chi connectivity index (χ3v) is 4.96. The number of hydrogen-bond donors (Lipinski definition) is 1. The first kappa shape index (κ1) is 16.6. The topological polar surface area (TPSA) is 42.1 Å². The number of nitrogen functional groups attached to an aromatic ring is 1. The van der Waals surface area contributed by atoms with Gasteiger partial charge in [0.05, 0.1) is 4.90 Å². The molecule has 0 aliphatic heterocycles. The van der Waals surface area contributed by atoms with Crippen molar-refractivity contribution in [3.05, 3.63) is 0 Å². The van der Waals surface area contributed by atoms with Crippen molar-refractivity contribution in [2.45, 2.75) is 45.4 Å². The highest BCUT2D eigenvalue weighted by atomic mass is 32.2. The number of nitrogens with two attached hydrogens (primary N) is 1. The minimum atomic E-state index is 0.687. The Morgan fingerprint density at radius 1 is 1.16 bits per heavy atom. The van der Waals surface area contributed by atoms with Crippen LogP contribution in [0.5, 0.6) is 0 Å². The lowest BCUT2D eigenvalue weighted by molar-refractivity contribution is 0.536. The van der Waals surface area contributed by atoms with Gasteiger partial charge in [0.2, 0.25) is 0 Å². The summed E-state index contributed by atoms with van der Waals surface area (Å²) in [6.45, 7) is 11.3. The van der Waals surface area contributed by atoms with E-state index in [4.69, 9.17) is 5.73 Å². The lowest BCUT2D eigenvalue weighted by atomic mass is 10.1. The van der Waals surface area contributed by atoms with E-state index in [9.17, 15) is 0 Å². The van der Waals surface area contributed by atoms with Crippen molar-refractivity contribution in [1.82, 2.24) is 4.37 Å². The van der Waals surface area contributed by atoms with Gasteiger partial charge in [-0.2, -0.15) is 4.37 Å². The highest BCUT2D eigenvalue weighted by molar-refractivity contribution is 7.99. The van der Waals surface area contributed by atoms with Gasteiger partial charge < -0.3 is 10.6 Å². The molecule has 1 rings (SSSR count). The van der Waals surface area contributed by atoms with Crippen LogP contribution in [0.25, 0.3) is 0 Å². The molecule has 0 bridgehead atoms. The van der Waals surface area contributed by atoms with Crippen molar-refractivity contribution in [3.8, 4) is 0 Å². The van der Waals surface area contributed by atoms with E-state index in [0.717, 1.165) is 29.8 Å². The van der Waals surface area contributed by atoms with E-state index in [-0.39, 0.29) is 0 Å². The van der Waals surface area contributed by atoms with Crippen molar-refractivity contribution in [2.24, 2.45) is 11.8 Å². The van der Waals surface area contributed by atoms with Crippen molar-refractivity contribution in [3.63, 3.8) is 0 Å². The molecular formula is C14H27N3S2. The summed E-state index contributed by atoms with van der Waals surface area (Å²) >= 11 is 3.25. The van der Waals surface area contributed by atoms with E-state index in [0.29, 0.717) is 5.82 Å². The van der Waals surface area contributed by atoms with Crippen LogP contribution in [0.4, 0.5) is 10.8 Å². The van der Waals surface area contributed by atoms with Gasteiger partial charge in [0.15, 0.2) is 5.82 Å². The smallest absolute Gasteiger partial charge is 0.153 e. The Bertz CT molecular complexity index is 363. The van der Waals surface area contributed by atoms with Gasteiger partial charge >= 0.3 is 0 Å². The first-order valence-corrected chi connectivity index (χ1v) is 8.99. The van der Waals surface area contributed by atoms with Gasteiger partial charge in [-0.3, -0.25) is 0 Å². The van der Waals surface area contributed by atoms with Gasteiger partial charge in [0.25, 0.3) is 0 Å². The molecule has 0 spiro atoms. The highest BCUT2D eigenvalue weighted by Gasteiger charge is 2.17. The van der Waals surface area contributed by atoms with Crippen molar-refractivity contribution in [1.29, 1.82) is 0 Å². The van der Waals surface area contributed by atoms with Gasteiger partial charge in [0.1, 0.15) is 5.00 Å². The minimum absolute atomic E-state index is 0.687. The molecule has 0 atom stereocenters. The molecule has 19 heavy (non-hydrogen) atoms. The molecule has 1 aromatic heterocycles. The molecular weight excluding hydrogens is 274 g/mol. The molecule has 0 aromatic carbocycles. The van der Waals surface area contributed by atoms with Crippen LogP contribution in [0.1, 0.15) is 40.5 Å². The Kier molecular flexibility index (Phi) is 7.00. The van der Waals surface area contributed by atoms with Crippen LogP contribution < -0.4 is 10.6 Å². The summed E-state index contributed by atoms with van der Waals surface area (Å²) in [4.78, 5) is 3.62. The fraction of sp³-hybridized carbons (Fsp3) is 0.786. The molecule has 0 fully saturated rings. The molecule has 0 amide bonds. The number of anilines is 2. The van der Waals surface area contributed by atoms with Gasteiger partial charge in [0, 0.05) is 13.1 Å². The molecule has 110 valence electrons. The van der Waals surface area contributed by atoms with Crippen LogP contribution in [-0.4, -0.2) is 23.7 Å². The number of rotatable bonds is 8. The van der Waals surface area contributed by atoms with Gasteiger partial charge in [-0.05, 0) is 42.5 Å². The van der Waals surface area contributed by atoms with Gasteiger partial charge in [-0.25, -0.2) is 0 Å². The maximum atomic E-state index is 5.95. The maximum absolute atomic E-state index is 5.95. The monoisotopic (exact) mass is 301 g/mol. The van der Waals surface area contributed by atoms with Gasteiger partial charge in [-0.15, -0.1) is 11.8 Å². The van der Waals surface area contributed by atoms with E-state index < -0.39 is 0 Å². The number of aromatic nitrogens is 1. The standard InChI is InChI=1S/C14H27N3S2/c1-10(2)6-8-17(9-7-11(3)4)14-12(18-5)13(15)16-19-14/h10-11H,6-9H2,1-5H3,(H2,15,16). The molecule has 5 heteroatoms. The van der Waals surface area contributed by atoms with Crippen molar-refractivity contribution >= 4 is 34.1 Å². The Morgan fingerprint density at radius 2 is 1.68 bits per heavy atom. The van der Waals surface area contributed by atoms with E-state index in [1.807, 2.05) is 0 Å². The van der Waals surface area contributed by atoms with Crippen LogP contribution >= 0.6 is 23.3 Å². The molecule has 0 saturated heterocycles. The number of hydrogen-bond acceptors (Lipinski definition) is 5. The Hall–Kier alpha value is -0.420. The van der Waals surface area contributed by atoms with Crippen LogP contribution in [0.3, 0.4) is 0 Å². The molecule has 1 heterocycles. The van der Waals surface area contributed by atoms with Crippen LogP contribution in [0.2, 0.25) is 0 Å². The minimum Gasteiger partial charge on any atom is -0.382 e. The zero-order valence-electron chi connectivity index (χ0n) is 12.8. The second-order valence-electron chi connectivity index (χ2n) is 5.76. The van der Waals surface area contributed by atoms with E-state index in [1.54, 1.807) is 23.3 Å². The third kappa shape index (κ3) is 5.22. The van der Waals surface area contributed by atoms with Crippen LogP contribution in [0, 0.1) is 11.8 Å². The molecule has 0 saturated carbocycles. The lowest BCUT2D eigenvalue weighted by Gasteiger charge is -2.25. The molecule has 0 aliphatic carbocycles. The molecule has 0 aliphatic rings. The van der Waals surface area contributed by atoms with E-state index >= 15 is 0 Å². The van der Waals surface area contributed by atoms with Gasteiger partial charge in [-0.1, -0.05) is 27.7 Å².